The van der Waals surface area contributed by atoms with Crippen molar-refractivity contribution >= 4 is 23.6 Å². The first-order chi connectivity index (χ1) is 10.7. The molecule has 2 atom stereocenters. The normalized spacial score (nSPS) is 24.6. The Labute approximate surface area is 134 Å². The van der Waals surface area contributed by atoms with E-state index in [-0.39, 0.29) is 17.9 Å². The summed E-state index contributed by atoms with van der Waals surface area (Å²) >= 11 is 1.99. The van der Waals surface area contributed by atoms with E-state index in [1.165, 1.54) is 19.3 Å². The van der Waals surface area contributed by atoms with Crippen molar-refractivity contribution in [2.75, 3.05) is 12.3 Å². The van der Waals surface area contributed by atoms with Crippen molar-refractivity contribution in [3.8, 4) is 0 Å². The number of carbonyl (C=O) groups excluding carboxylic acids is 1. The molecule has 4 nitrogen and oxygen atoms in total. The van der Waals surface area contributed by atoms with Gasteiger partial charge < -0.3 is 10.0 Å². The number of amides is 1. The second-order valence-corrected chi connectivity index (χ2v) is 7.33. The van der Waals surface area contributed by atoms with Crippen LogP contribution in [0.15, 0.2) is 24.3 Å². The van der Waals surface area contributed by atoms with Gasteiger partial charge in [0.1, 0.15) is 0 Å². The minimum Gasteiger partial charge on any atom is -0.478 e. The summed E-state index contributed by atoms with van der Waals surface area (Å²) in [5.74, 6) is 0.104. The molecule has 0 radical (unpaired) electrons. The lowest BCUT2D eigenvalue weighted by molar-refractivity contribution is -0.133. The maximum absolute atomic E-state index is 12.7. The molecule has 0 aromatic heterocycles. The summed E-state index contributed by atoms with van der Waals surface area (Å²) < 4.78 is 0. The summed E-state index contributed by atoms with van der Waals surface area (Å²) in [4.78, 5) is 26.0. The van der Waals surface area contributed by atoms with Crippen molar-refractivity contribution in [2.45, 2.75) is 43.4 Å². The average Bonchev–Trinajstić information content (AvgIpc) is 2.54. The number of fused-ring (bicyclic) bond motifs is 1. The fraction of sp³-hybridized carbons (Fsp3) is 0.529. The molecule has 5 heteroatoms. The van der Waals surface area contributed by atoms with E-state index >= 15 is 0 Å². The molecule has 1 aliphatic carbocycles. The van der Waals surface area contributed by atoms with Gasteiger partial charge in [-0.3, -0.25) is 4.79 Å². The number of hydrogen-bond acceptors (Lipinski definition) is 3. The van der Waals surface area contributed by atoms with E-state index in [1.54, 1.807) is 24.3 Å². The van der Waals surface area contributed by atoms with Gasteiger partial charge in [-0.05, 0) is 24.5 Å². The van der Waals surface area contributed by atoms with Crippen LogP contribution in [0.3, 0.4) is 0 Å². The summed E-state index contributed by atoms with van der Waals surface area (Å²) in [7, 11) is 0. The van der Waals surface area contributed by atoms with Gasteiger partial charge in [0.15, 0.2) is 0 Å². The Bertz CT molecular complexity index is 573. The Morgan fingerprint density at radius 3 is 2.82 bits per heavy atom. The van der Waals surface area contributed by atoms with Crippen LogP contribution in [0.4, 0.5) is 0 Å². The fourth-order valence-corrected chi connectivity index (χ4v) is 5.00. The number of carbonyl (C=O) groups is 2. The Kier molecular flexibility index (Phi) is 4.71. The number of rotatable bonds is 3. The number of aromatic carboxylic acids is 1. The summed E-state index contributed by atoms with van der Waals surface area (Å²) in [5.41, 5.74) is 0.855. The van der Waals surface area contributed by atoms with E-state index in [0.29, 0.717) is 16.9 Å². The van der Waals surface area contributed by atoms with Crippen molar-refractivity contribution in [3.05, 3.63) is 35.4 Å². The molecular weight excluding hydrogens is 298 g/mol. The maximum Gasteiger partial charge on any atom is 0.335 e. The SMILES string of the molecule is O=C(O)c1ccccc1CC(=O)N1CCSC2CCCCC21. The lowest BCUT2D eigenvalue weighted by Crippen LogP contribution is -2.52. The third kappa shape index (κ3) is 3.14. The molecular formula is C17H21NO3S. The zero-order chi connectivity index (χ0) is 15.5. The molecule has 2 aliphatic rings. The van der Waals surface area contributed by atoms with Crippen LogP contribution < -0.4 is 0 Å². The third-order valence-corrected chi connectivity index (χ3v) is 6.04. The highest BCUT2D eigenvalue weighted by molar-refractivity contribution is 8.00. The molecule has 1 aliphatic heterocycles. The number of benzene rings is 1. The van der Waals surface area contributed by atoms with Crippen LogP contribution >= 0.6 is 11.8 Å². The van der Waals surface area contributed by atoms with Gasteiger partial charge in [0.05, 0.1) is 12.0 Å². The Morgan fingerprint density at radius 1 is 1.23 bits per heavy atom. The Hall–Kier alpha value is -1.49. The summed E-state index contributed by atoms with van der Waals surface area (Å²) in [5, 5.41) is 9.82. The number of hydrogen-bond donors (Lipinski definition) is 1. The van der Waals surface area contributed by atoms with E-state index in [1.807, 2.05) is 16.7 Å². The molecule has 3 rings (SSSR count). The molecule has 1 heterocycles. The first-order valence-corrected chi connectivity index (χ1v) is 8.94. The van der Waals surface area contributed by atoms with Crippen LogP contribution in [0, 0.1) is 0 Å². The molecule has 1 N–H and O–H groups in total. The van der Waals surface area contributed by atoms with Gasteiger partial charge in [-0.1, -0.05) is 31.0 Å². The molecule has 1 aromatic rings. The van der Waals surface area contributed by atoms with Crippen molar-refractivity contribution in [2.24, 2.45) is 0 Å². The second-order valence-electron chi connectivity index (χ2n) is 5.99. The Balaban J connectivity index is 1.75. The molecule has 1 amide bonds. The summed E-state index contributed by atoms with van der Waals surface area (Å²) in [6.07, 6.45) is 4.93. The smallest absolute Gasteiger partial charge is 0.335 e. The van der Waals surface area contributed by atoms with Crippen LogP contribution in [-0.4, -0.2) is 45.5 Å². The van der Waals surface area contributed by atoms with E-state index < -0.39 is 5.97 Å². The molecule has 1 saturated heterocycles. The van der Waals surface area contributed by atoms with Crippen molar-refractivity contribution in [3.63, 3.8) is 0 Å². The first-order valence-electron chi connectivity index (χ1n) is 7.89. The number of thioether (sulfide) groups is 1. The van der Waals surface area contributed by atoms with Gasteiger partial charge in [0.25, 0.3) is 0 Å². The zero-order valence-electron chi connectivity index (χ0n) is 12.5. The van der Waals surface area contributed by atoms with Crippen molar-refractivity contribution in [1.29, 1.82) is 0 Å². The minimum atomic E-state index is -0.965. The highest BCUT2D eigenvalue weighted by Crippen LogP contribution is 2.35. The standard InChI is InChI=1S/C17H21NO3S/c19-16(11-12-5-1-2-6-13(12)17(20)21)18-9-10-22-15-8-4-3-7-14(15)18/h1-2,5-6,14-15H,3-4,7-11H2,(H,20,21). The summed E-state index contributed by atoms with van der Waals surface area (Å²) in [6, 6.07) is 7.16. The van der Waals surface area contributed by atoms with Crippen molar-refractivity contribution < 1.29 is 14.7 Å². The lowest BCUT2D eigenvalue weighted by Gasteiger charge is -2.43. The van der Waals surface area contributed by atoms with Crippen LogP contribution in [-0.2, 0) is 11.2 Å². The largest absolute Gasteiger partial charge is 0.478 e. The van der Waals surface area contributed by atoms with E-state index in [9.17, 15) is 14.7 Å². The monoisotopic (exact) mass is 319 g/mol. The van der Waals surface area contributed by atoms with Gasteiger partial charge in [0, 0.05) is 23.6 Å². The van der Waals surface area contributed by atoms with Crippen molar-refractivity contribution in [1.82, 2.24) is 4.90 Å². The second kappa shape index (κ2) is 6.73. The van der Waals surface area contributed by atoms with Crippen LogP contribution in [0.5, 0.6) is 0 Å². The molecule has 0 bridgehead atoms. The highest BCUT2D eigenvalue weighted by Gasteiger charge is 2.36. The van der Waals surface area contributed by atoms with Gasteiger partial charge in [-0.25, -0.2) is 4.79 Å². The van der Waals surface area contributed by atoms with Gasteiger partial charge in [0.2, 0.25) is 5.91 Å². The fourth-order valence-electron chi connectivity index (χ4n) is 3.55. The minimum absolute atomic E-state index is 0.0749. The maximum atomic E-state index is 12.7. The average molecular weight is 319 g/mol. The third-order valence-electron chi connectivity index (χ3n) is 4.64. The van der Waals surface area contributed by atoms with Gasteiger partial charge in [-0.2, -0.15) is 11.8 Å². The van der Waals surface area contributed by atoms with E-state index in [0.717, 1.165) is 18.7 Å². The topological polar surface area (TPSA) is 57.6 Å². The number of carboxylic acid groups (broad SMARTS) is 1. The molecule has 2 unspecified atom stereocenters. The number of carboxylic acids is 1. The highest BCUT2D eigenvalue weighted by atomic mass is 32.2. The molecule has 22 heavy (non-hydrogen) atoms. The lowest BCUT2D eigenvalue weighted by atomic mass is 9.92. The van der Waals surface area contributed by atoms with Crippen LogP contribution in [0.2, 0.25) is 0 Å². The summed E-state index contributed by atoms with van der Waals surface area (Å²) in [6.45, 7) is 0.792. The van der Waals surface area contributed by atoms with Gasteiger partial charge >= 0.3 is 5.97 Å². The number of nitrogens with zero attached hydrogens (tertiary/aromatic N) is 1. The van der Waals surface area contributed by atoms with E-state index in [4.69, 9.17) is 0 Å². The van der Waals surface area contributed by atoms with Gasteiger partial charge in [-0.15, -0.1) is 0 Å². The predicted octanol–water partition coefficient (Wildman–Crippen LogP) is 2.81. The van der Waals surface area contributed by atoms with Crippen LogP contribution in [0.1, 0.15) is 41.6 Å². The Morgan fingerprint density at radius 2 is 2.00 bits per heavy atom. The molecule has 1 saturated carbocycles. The first kappa shape index (κ1) is 15.4. The molecule has 118 valence electrons. The molecule has 0 spiro atoms. The zero-order valence-corrected chi connectivity index (χ0v) is 13.3. The predicted molar refractivity (Wildman–Crippen MR) is 87.3 cm³/mol. The van der Waals surface area contributed by atoms with E-state index in [2.05, 4.69) is 0 Å². The van der Waals surface area contributed by atoms with Crippen LogP contribution in [0.25, 0.3) is 0 Å². The quantitative estimate of drug-likeness (QED) is 0.931. The molecule has 1 aromatic carbocycles. The molecule has 2 fully saturated rings.